The first kappa shape index (κ1) is 15.5. The molecule has 1 fully saturated rings. The molecule has 1 aromatic heterocycles. The van der Waals surface area contributed by atoms with Gasteiger partial charge in [-0.25, -0.2) is 4.79 Å². The summed E-state index contributed by atoms with van der Waals surface area (Å²) in [5.41, 5.74) is 0.468. The molecule has 0 radical (unpaired) electrons. The van der Waals surface area contributed by atoms with Crippen LogP contribution in [0.25, 0.3) is 0 Å². The number of amides is 1. The SMILES string of the molecule is Cn1cc(C(NC(=O)CN2CCCNCC2)C(=O)O)cn1. The average Bonchev–Trinajstić information content (AvgIpc) is 2.69. The Hall–Kier alpha value is -1.93. The van der Waals surface area contributed by atoms with Crippen molar-refractivity contribution in [2.45, 2.75) is 12.5 Å². The summed E-state index contributed by atoms with van der Waals surface area (Å²) in [6.07, 6.45) is 4.03. The Kier molecular flexibility index (Phi) is 5.29. The summed E-state index contributed by atoms with van der Waals surface area (Å²) in [6, 6.07) is -1.06. The van der Waals surface area contributed by atoms with E-state index >= 15 is 0 Å². The van der Waals surface area contributed by atoms with Crippen molar-refractivity contribution >= 4 is 11.9 Å². The van der Waals surface area contributed by atoms with E-state index in [1.54, 1.807) is 13.2 Å². The van der Waals surface area contributed by atoms with E-state index in [0.29, 0.717) is 5.56 Å². The molecule has 21 heavy (non-hydrogen) atoms. The molecule has 0 spiro atoms. The molecule has 0 aliphatic carbocycles. The minimum Gasteiger partial charge on any atom is -0.479 e. The third-order valence-electron chi connectivity index (χ3n) is 3.41. The third-order valence-corrected chi connectivity index (χ3v) is 3.41. The van der Waals surface area contributed by atoms with Crippen LogP contribution >= 0.6 is 0 Å². The van der Waals surface area contributed by atoms with Crippen molar-refractivity contribution in [2.24, 2.45) is 7.05 Å². The second-order valence-electron chi connectivity index (χ2n) is 5.17. The van der Waals surface area contributed by atoms with Gasteiger partial charge in [-0.3, -0.25) is 14.4 Å². The van der Waals surface area contributed by atoms with Gasteiger partial charge in [-0.2, -0.15) is 5.10 Å². The number of carbonyl (C=O) groups is 2. The summed E-state index contributed by atoms with van der Waals surface area (Å²) in [6.45, 7) is 3.64. The summed E-state index contributed by atoms with van der Waals surface area (Å²) < 4.78 is 1.51. The Balaban J connectivity index is 1.93. The smallest absolute Gasteiger partial charge is 0.331 e. The number of aliphatic carboxylic acids is 1. The number of carboxylic acid groups (broad SMARTS) is 1. The first-order chi connectivity index (χ1) is 10.1. The summed E-state index contributed by atoms with van der Waals surface area (Å²) in [5.74, 6) is -1.37. The van der Waals surface area contributed by atoms with Crippen molar-refractivity contribution in [2.75, 3.05) is 32.7 Å². The van der Waals surface area contributed by atoms with Crippen LogP contribution in [0.3, 0.4) is 0 Å². The van der Waals surface area contributed by atoms with E-state index in [4.69, 9.17) is 0 Å². The molecule has 0 saturated carbocycles. The highest BCUT2D eigenvalue weighted by molar-refractivity contribution is 5.85. The van der Waals surface area contributed by atoms with Crippen LogP contribution in [0, 0.1) is 0 Å². The second-order valence-corrected chi connectivity index (χ2v) is 5.17. The Morgan fingerprint density at radius 2 is 2.29 bits per heavy atom. The maximum atomic E-state index is 12.1. The van der Waals surface area contributed by atoms with Gasteiger partial charge in [0.25, 0.3) is 0 Å². The van der Waals surface area contributed by atoms with E-state index in [1.165, 1.54) is 10.9 Å². The number of aromatic nitrogens is 2. The van der Waals surface area contributed by atoms with Gasteiger partial charge in [-0.1, -0.05) is 0 Å². The van der Waals surface area contributed by atoms with Crippen molar-refractivity contribution in [3.05, 3.63) is 18.0 Å². The first-order valence-electron chi connectivity index (χ1n) is 7.00. The fourth-order valence-electron chi connectivity index (χ4n) is 2.35. The van der Waals surface area contributed by atoms with Crippen molar-refractivity contribution < 1.29 is 14.7 Å². The minimum absolute atomic E-state index is 0.214. The first-order valence-corrected chi connectivity index (χ1v) is 7.00. The number of rotatable bonds is 5. The fourth-order valence-corrected chi connectivity index (χ4v) is 2.35. The van der Waals surface area contributed by atoms with E-state index in [1.807, 2.05) is 4.90 Å². The van der Waals surface area contributed by atoms with E-state index in [2.05, 4.69) is 15.7 Å². The zero-order chi connectivity index (χ0) is 15.2. The van der Waals surface area contributed by atoms with Crippen LogP contribution in [0.2, 0.25) is 0 Å². The van der Waals surface area contributed by atoms with Crippen molar-refractivity contribution in [3.8, 4) is 0 Å². The van der Waals surface area contributed by atoms with Crippen LogP contribution < -0.4 is 10.6 Å². The molecule has 116 valence electrons. The molecule has 1 atom stereocenters. The van der Waals surface area contributed by atoms with Crippen LogP contribution in [0.1, 0.15) is 18.0 Å². The standard InChI is InChI=1S/C13H21N5O3/c1-17-8-10(7-15-17)12(13(20)21)16-11(19)9-18-5-2-3-14-4-6-18/h7-8,12,14H,2-6,9H2,1H3,(H,16,19)(H,20,21). The van der Waals surface area contributed by atoms with Crippen LogP contribution in [0.15, 0.2) is 12.4 Å². The quantitative estimate of drug-likeness (QED) is 0.641. The normalized spacial score (nSPS) is 18.0. The molecule has 1 amide bonds. The van der Waals surface area contributed by atoms with Gasteiger partial charge in [-0.15, -0.1) is 0 Å². The summed E-state index contributed by atoms with van der Waals surface area (Å²) in [4.78, 5) is 25.4. The van der Waals surface area contributed by atoms with Crippen LogP contribution in [-0.4, -0.2) is 64.4 Å². The number of nitrogens with one attached hydrogen (secondary N) is 2. The fraction of sp³-hybridized carbons (Fsp3) is 0.615. The van der Waals surface area contributed by atoms with E-state index in [-0.39, 0.29) is 12.5 Å². The maximum absolute atomic E-state index is 12.1. The molecule has 2 rings (SSSR count). The number of carbonyl (C=O) groups excluding carboxylic acids is 1. The van der Waals surface area contributed by atoms with Crippen LogP contribution in [-0.2, 0) is 16.6 Å². The van der Waals surface area contributed by atoms with Gasteiger partial charge in [0, 0.05) is 31.9 Å². The lowest BCUT2D eigenvalue weighted by atomic mass is 10.1. The van der Waals surface area contributed by atoms with Crippen LogP contribution in [0.4, 0.5) is 0 Å². The van der Waals surface area contributed by atoms with Gasteiger partial charge >= 0.3 is 5.97 Å². The molecule has 1 aliphatic rings. The molecule has 0 bridgehead atoms. The molecule has 0 aromatic carbocycles. The summed E-state index contributed by atoms with van der Waals surface area (Å²) in [5, 5.41) is 19.0. The second kappa shape index (κ2) is 7.19. The zero-order valence-corrected chi connectivity index (χ0v) is 12.1. The van der Waals surface area contributed by atoms with Gasteiger partial charge in [0.1, 0.15) is 0 Å². The van der Waals surface area contributed by atoms with E-state index in [9.17, 15) is 14.7 Å². The molecule has 1 saturated heterocycles. The van der Waals surface area contributed by atoms with Gasteiger partial charge < -0.3 is 15.7 Å². The van der Waals surface area contributed by atoms with Crippen molar-refractivity contribution in [1.29, 1.82) is 0 Å². The predicted octanol–water partition coefficient (Wildman–Crippen LogP) is -1.04. The molecule has 8 nitrogen and oxygen atoms in total. The van der Waals surface area contributed by atoms with Crippen LogP contribution in [0.5, 0.6) is 0 Å². The molecule has 1 aliphatic heterocycles. The molecular weight excluding hydrogens is 274 g/mol. The molecule has 2 heterocycles. The molecule has 1 aromatic rings. The van der Waals surface area contributed by atoms with Gasteiger partial charge in [0.2, 0.25) is 5.91 Å². The largest absolute Gasteiger partial charge is 0.479 e. The highest BCUT2D eigenvalue weighted by Gasteiger charge is 2.24. The number of carboxylic acids is 1. The van der Waals surface area contributed by atoms with Gasteiger partial charge in [0.05, 0.1) is 12.7 Å². The van der Waals surface area contributed by atoms with Gasteiger partial charge in [0.15, 0.2) is 6.04 Å². The third kappa shape index (κ3) is 4.54. The lowest BCUT2D eigenvalue weighted by molar-refractivity contribution is -0.142. The van der Waals surface area contributed by atoms with Crippen molar-refractivity contribution in [3.63, 3.8) is 0 Å². The molecular formula is C13H21N5O3. The monoisotopic (exact) mass is 295 g/mol. The molecule has 1 unspecified atom stereocenters. The lowest BCUT2D eigenvalue weighted by Gasteiger charge is -2.20. The Labute approximate surface area is 123 Å². The minimum atomic E-state index is -1.09. The summed E-state index contributed by atoms with van der Waals surface area (Å²) in [7, 11) is 1.70. The number of nitrogens with zero attached hydrogens (tertiary/aromatic N) is 3. The summed E-state index contributed by atoms with van der Waals surface area (Å²) >= 11 is 0. The lowest BCUT2D eigenvalue weighted by Crippen LogP contribution is -2.42. The Morgan fingerprint density at radius 3 is 2.95 bits per heavy atom. The van der Waals surface area contributed by atoms with E-state index in [0.717, 1.165) is 32.6 Å². The highest BCUT2D eigenvalue weighted by Crippen LogP contribution is 2.11. The number of hydrogen-bond donors (Lipinski definition) is 3. The van der Waals surface area contributed by atoms with E-state index < -0.39 is 12.0 Å². The topological polar surface area (TPSA) is 99.5 Å². The maximum Gasteiger partial charge on any atom is 0.331 e. The average molecular weight is 295 g/mol. The predicted molar refractivity (Wildman–Crippen MR) is 75.7 cm³/mol. The van der Waals surface area contributed by atoms with Gasteiger partial charge in [-0.05, 0) is 19.5 Å². The Bertz CT molecular complexity index is 494. The number of hydrogen-bond acceptors (Lipinski definition) is 5. The number of aryl methyl sites for hydroxylation is 1. The molecule has 8 heteroatoms. The highest BCUT2D eigenvalue weighted by atomic mass is 16.4. The Morgan fingerprint density at radius 1 is 1.48 bits per heavy atom. The molecule has 3 N–H and O–H groups in total. The van der Waals surface area contributed by atoms with Crippen molar-refractivity contribution in [1.82, 2.24) is 25.3 Å². The zero-order valence-electron chi connectivity index (χ0n) is 12.1.